The second kappa shape index (κ2) is 5.05. The highest BCUT2D eigenvalue weighted by molar-refractivity contribution is 7.90. The Morgan fingerprint density at radius 2 is 1.89 bits per heavy atom. The first kappa shape index (κ1) is 13.6. The number of anilines is 1. The Morgan fingerprint density at radius 1 is 1.26 bits per heavy atom. The summed E-state index contributed by atoms with van der Waals surface area (Å²) in [5.74, 6) is 0.541. The molecule has 5 nitrogen and oxygen atoms in total. The smallest absolute Gasteiger partial charge is 0.149 e. The molecule has 0 spiro atoms. The summed E-state index contributed by atoms with van der Waals surface area (Å²) in [7, 11) is -3.02. The van der Waals surface area contributed by atoms with Gasteiger partial charge in [0.15, 0.2) is 0 Å². The van der Waals surface area contributed by atoms with Gasteiger partial charge in [0.2, 0.25) is 0 Å². The highest BCUT2D eigenvalue weighted by atomic mass is 32.2. The Balaban J connectivity index is 2.35. The molecular formula is C13H17N3O2S. The van der Waals surface area contributed by atoms with Crippen LogP contribution in [0.15, 0.2) is 30.3 Å². The molecule has 0 fully saturated rings. The van der Waals surface area contributed by atoms with E-state index in [1.807, 2.05) is 37.3 Å². The van der Waals surface area contributed by atoms with Gasteiger partial charge < -0.3 is 5.73 Å². The fourth-order valence-corrected chi connectivity index (χ4v) is 2.49. The van der Waals surface area contributed by atoms with Crippen molar-refractivity contribution in [3.63, 3.8) is 0 Å². The summed E-state index contributed by atoms with van der Waals surface area (Å²) in [5, 5.41) is 4.32. The third-order valence-corrected chi connectivity index (χ3v) is 3.83. The van der Waals surface area contributed by atoms with Crippen LogP contribution in [0, 0.1) is 6.92 Å². The highest BCUT2D eigenvalue weighted by Gasteiger charge is 2.15. The number of aromatic nitrogens is 2. The normalized spacial score (nSPS) is 11.7. The topological polar surface area (TPSA) is 78.0 Å². The maximum Gasteiger partial charge on any atom is 0.149 e. The van der Waals surface area contributed by atoms with Crippen molar-refractivity contribution in [1.29, 1.82) is 0 Å². The van der Waals surface area contributed by atoms with Gasteiger partial charge in [-0.05, 0) is 12.5 Å². The Morgan fingerprint density at radius 3 is 2.47 bits per heavy atom. The van der Waals surface area contributed by atoms with Gasteiger partial charge in [-0.2, -0.15) is 5.10 Å². The summed E-state index contributed by atoms with van der Waals surface area (Å²) in [6.45, 7) is 2.15. The molecule has 1 heterocycles. The van der Waals surface area contributed by atoms with E-state index in [-0.39, 0.29) is 12.3 Å². The first-order valence-corrected chi connectivity index (χ1v) is 8.00. The molecule has 1 aromatic heterocycles. The quantitative estimate of drug-likeness (QED) is 0.919. The predicted molar refractivity (Wildman–Crippen MR) is 76.5 cm³/mol. The first-order chi connectivity index (χ1) is 8.88. The molecule has 0 aliphatic carbocycles. The summed E-state index contributed by atoms with van der Waals surface area (Å²) < 4.78 is 23.9. The summed E-state index contributed by atoms with van der Waals surface area (Å²) >= 11 is 0. The van der Waals surface area contributed by atoms with Crippen molar-refractivity contribution in [1.82, 2.24) is 9.78 Å². The van der Waals surface area contributed by atoms with E-state index in [4.69, 9.17) is 5.73 Å². The number of nitrogens with zero attached hydrogens (tertiary/aromatic N) is 2. The number of hydrogen-bond donors (Lipinski definition) is 1. The van der Waals surface area contributed by atoms with Crippen LogP contribution >= 0.6 is 0 Å². The molecule has 0 bridgehead atoms. The fourth-order valence-electron chi connectivity index (χ4n) is 1.98. The molecular weight excluding hydrogens is 262 g/mol. The van der Waals surface area contributed by atoms with Gasteiger partial charge in [0, 0.05) is 11.8 Å². The van der Waals surface area contributed by atoms with Crippen LogP contribution in [0.2, 0.25) is 0 Å². The number of benzene rings is 1. The van der Waals surface area contributed by atoms with Crippen molar-refractivity contribution < 1.29 is 8.42 Å². The van der Waals surface area contributed by atoms with E-state index < -0.39 is 9.84 Å². The molecule has 0 saturated heterocycles. The molecule has 2 rings (SSSR count). The average molecular weight is 279 g/mol. The molecule has 6 heteroatoms. The third-order valence-electron chi connectivity index (χ3n) is 2.90. The van der Waals surface area contributed by atoms with Crippen molar-refractivity contribution >= 4 is 15.7 Å². The van der Waals surface area contributed by atoms with Crippen LogP contribution in [0.25, 0.3) is 11.1 Å². The van der Waals surface area contributed by atoms with Crippen LogP contribution in [-0.4, -0.2) is 30.2 Å². The lowest BCUT2D eigenvalue weighted by molar-refractivity contribution is 0.587. The number of hydrogen-bond acceptors (Lipinski definition) is 4. The fraction of sp³-hybridized carbons (Fsp3) is 0.308. The van der Waals surface area contributed by atoms with Gasteiger partial charge in [-0.1, -0.05) is 30.3 Å². The van der Waals surface area contributed by atoms with E-state index in [9.17, 15) is 8.42 Å². The van der Waals surface area contributed by atoms with Crippen LogP contribution < -0.4 is 5.73 Å². The number of aryl methyl sites for hydroxylation is 2. The minimum atomic E-state index is -3.02. The summed E-state index contributed by atoms with van der Waals surface area (Å²) in [6, 6.07) is 9.72. The minimum Gasteiger partial charge on any atom is -0.383 e. The molecule has 19 heavy (non-hydrogen) atoms. The lowest BCUT2D eigenvalue weighted by atomic mass is 10.1. The number of rotatable bonds is 4. The van der Waals surface area contributed by atoms with E-state index in [0.29, 0.717) is 5.82 Å². The zero-order chi connectivity index (χ0) is 14.0. The Labute approximate surface area is 113 Å². The van der Waals surface area contributed by atoms with Gasteiger partial charge in [-0.25, -0.2) is 13.1 Å². The Kier molecular flexibility index (Phi) is 3.61. The van der Waals surface area contributed by atoms with E-state index in [0.717, 1.165) is 16.8 Å². The van der Waals surface area contributed by atoms with E-state index in [1.165, 1.54) is 6.26 Å². The zero-order valence-electron chi connectivity index (χ0n) is 11.0. The van der Waals surface area contributed by atoms with Crippen LogP contribution in [0.4, 0.5) is 5.82 Å². The zero-order valence-corrected chi connectivity index (χ0v) is 11.8. The standard InChI is InChI=1S/C13H17N3O2S/c1-10-12(11-6-4-3-5-7-11)13(14)16(15-10)8-9-19(2,17)18/h3-7H,8-9,14H2,1-2H3. The molecule has 0 saturated carbocycles. The molecule has 2 N–H and O–H groups in total. The van der Waals surface area contributed by atoms with Crippen molar-refractivity contribution in [2.24, 2.45) is 0 Å². The lowest BCUT2D eigenvalue weighted by Crippen LogP contribution is -2.14. The molecule has 2 aromatic rings. The molecule has 0 radical (unpaired) electrons. The maximum atomic E-state index is 11.2. The largest absolute Gasteiger partial charge is 0.383 e. The summed E-state index contributed by atoms with van der Waals surface area (Å²) in [5.41, 5.74) is 8.73. The maximum absolute atomic E-state index is 11.2. The SMILES string of the molecule is Cc1nn(CCS(C)(=O)=O)c(N)c1-c1ccccc1. The van der Waals surface area contributed by atoms with Gasteiger partial charge in [0.05, 0.1) is 18.0 Å². The Bertz CT molecular complexity index is 675. The molecule has 0 unspecified atom stereocenters. The van der Waals surface area contributed by atoms with E-state index in [2.05, 4.69) is 5.10 Å². The molecule has 102 valence electrons. The van der Waals surface area contributed by atoms with Gasteiger partial charge in [0.1, 0.15) is 15.7 Å². The lowest BCUT2D eigenvalue weighted by Gasteiger charge is -2.04. The van der Waals surface area contributed by atoms with Crippen LogP contribution in [0.3, 0.4) is 0 Å². The third kappa shape index (κ3) is 3.14. The highest BCUT2D eigenvalue weighted by Crippen LogP contribution is 2.28. The monoisotopic (exact) mass is 279 g/mol. The summed E-state index contributed by atoms with van der Waals surface area (Å²) in [4.78, 5) is 0. The molecule has 0 atom stereocenters. The minimum absolute atomic E-state index is 0.0343. The van der Waals surface area contributed by atoms with Crippen molar-refractivity contribution in [3.05, 3.63) is 36.0 Å². The van der Waals surface area contributed by atoms with Crippen molar-refractivity contribution in [2.45, 2.75) is 13.5 Å². The second-order valence-electron chi connectivity index (χ2n) is 4.56. The number of nitrogen functional groups attached to an aromatic ring is 1. The van der Waals surface area contributed by atoms with Gasteiger partial charge in [0.25, 0.3) is 0 Å². The van der Waals surface area contributed by atoms with Crippen LogP contribution in [0.5, 0.6) is 0 Å². The Hall–Kier alpha value is -1.82. The number of nitrogens with two attached hydrogens (primary N) is 1. The first-order valence-electron chi connectivity index (χ1n) is 5.94. The van der Waals surface area contributed by atoms with Crippen LogP contribution in [0.1, 0.15) is 5.69 Å². The van der Waals surface area contributed by atoms with Gasteiger partial charge >= 0.3 is 0 Å². The molecule has 1 aromatic carbocycles. The molecule has 0 aliphatic heterocycles. The summed E-state index contributed by atoms with van der Waals surface area (Å²) in [6.07, 6.45) is 1.21. The van der Waals surface area contributed by atoms with Crippen LogP contribution in [-0.2, 0) is 16.4 Å². The predicted octanol–water partition coefficient (Wildman–Crippen LogP) is 1.49. The molecule has 0 aliphatic rings. The van der Waals surface area contributed by atoms with Crippen molar-refractivity contribution in [2.75, 3.05) is 17.7 Å². The van der Waals surface area contributed by atoms with Crippen molar-refractivity contribution in [3.8, 4) is 11.1 Å². The van der Waals surface area contributed by atoms with Gasteiger partial charge in [-0.3, -0.25) is 0 Å². The molecule has 0 amide bonds. The number of sulfone groups is 1. The van der Waals surface area contributed by atoms with Gasteiger partial charge in [-0.15, -0.1) is 0 Å². The second-order valence-corrected chi connectivity index (χ2v) is 6.82. The van der Waals surface area contributed by atoms with E-state index in [1.54, 1.807) is 4.68 Å². The van der Waals surface area contributed by atoms with E-state index >= 15 is 0 Å². The average Bonchev–Trinajstić information content (AvgIpc) is 2.62.